The van der Waals surface area contributed by atoms with E-state index in [1.54, 1.807) is 0 Å². The molecule has 0 aliphatic rings. The maximum Gasteiger partial charge on any atom is 0.306 e. The highest BCUT2D eigenvalue weighted by Gasteiger charge is 2.01. The van der Waals surface area contributed by atoms with Crippen LogP contribution in [-0.2, 0) is 22.6 Å². The van der Waals surface area contributed by atoms with Gasteiger partial charge in [-0.05, 0) is 24.0 Å². The molecule has 0 bridgehead atoms. The van der Waals surface area contributed by atoms with Crippen LogP contribution in [0.1, 0.15) is 37.8 Å². The van der Waals surface area contributed by atoms with E-state index < -0.39 is 0 Å². The van der Waals surface area contributed by atoms with Crippen LogP contribution in [0.3, 0.4) is 0 Å². The van der Waals surface area contributed by atoms with E-state index in [1.165, 1.54) is 5.56 Å². The Labute approximate surface area is 91.3 Å². The van der Waals surface area contributed by atoms with Gasteiger partial charge in [-0.1, -0.05) is 38.1 Å². The second kappa shape index (κ2) is 6.23. The van der Waals surface area contributed by atoms with Gasteiger partial charge in [-0.15, -0.1) is 0 Å². The lowest BCUT2D eigenvalue weighted by molar-refractivity contribution is -0.144. The molecule has 0 atom stereocenters. The predicted molar refractivity (Wildman–Crippen MR) is 60.5 cm³/mol. The van der Waals surface area contributed by atoms with E-state index in [2.05, 4.69) is 19.1 Å². The normalized spacial score (nSPS) is 10.0. The maximum absolute atomic E-state index is 11.1. The largest absolute Gasteiger partial charge is 0.461 e. The molecule has 82 valence electrons. The number of rotatable bonds is 5. The minimum absolute atomic E-state index is 0.112. The molecule has 1 aromatic rings. The number of ether oxygens (including phenoxy) is 1. The minimum atomic E-state index is -0.112. The summed E-state index contributed by atoms with van der Waals surface area (Å²) in [4.78, 5) is 11.1. The van der Waals surface area contributed by atoms with E-state index in [9.17, 15) is 4.79 Å². The van der Waals surface area contributed by atoms with Crippen molar-refractivity contribution in [2.45, 2.75) is 39.7 Å². The highest BCUT2D eigenvalue weighted by atomic mass is 16.5. The molecule has 2 nitrogen and oxygen atoms in total. The number of carbonyl (C=O) groups excluding carboxylic acids is 1. The Hall–Kier alpha value is -1.31. The molecular weight excluding hydrogens is 188 g/mol. The van der Waals surface area contributed by atoms with Gasteiger partial charge in [0.05, 0.1) is 0 Å². The van der Waals surface area contributed by atoms with E-state index in [0.29, 0.717) is 13.0 Å². The minimum Gasteiger partial charge on any atom is -0.461 e. The van der Waals surface area contributed by atoms with Crippen molar-refractivity contribution in [1.82, 2.24) is 0 Å². The first-order valence-corrected chi connectivity index (χ1v) is 5.49. The summed E-state index contributed by atoms with van der Waals surface area (Å²) < 4.78 is 5.13. The highest BCUT2D eigenvalue weighted by Crippen LogP contribution is 2.07. The van der Waals surface area contributed by atoms with Gasteiger partial charge in [0.2, 0.25) is 0 Å². The zero-order chi connectivity index (χ0) is 11.1. The van der Waals surface area contributed by atoms with Gasteiger partial charge in [0, 0.05) is 6.42 Å². The van der Waals surface area contributed by atoms with Gasteiger partial charge >= 0.3 is 5.97 Å². The molecule has 1 rings (SSSR count). The Morgan fingerprint density at radius 3 is 2.67 bits per heavy atom. The van der Waals surface area contributed by atoms with Gasteiger partial charge in [0.1, 0.15) is 6.61 Å². The van der Waals surface area contributed by atoms with E-state index in [-0.39, 0.29) is 5.97 Å². The van der Waals surface area contributed by atoms with E-state index >= 15 is 0 Å². The summed E-state index contributed by atoms with van der Waals surface area (Å²) in [5.41, 5.74) is 2.35. The molecule has 2 heteroatoms. The molecule has 0 N–H and O–H groups in total. The fourth-order valence-corrected chi connectivity index (χ4v) is 1.38. The average molecular weight is 206 g/mol. The average Bonchev–Trinajstić information content (AvgIpc) is 2.27. The first-order chi connectivity index (χ1) is 7.26. The van der Waals surface area contributed by atoms with Crippen LogP contribution in [0.4, 0.5) is 0 Å². The van der Waals surface area contributed by atoms with Gasteiger partial charge in [-0.25, -0.2) is 0 Å². The smallest absolute Gasteiger partial charge is 0.306 e. The molecule has 0 heterocycles. The van der Waals surface area contributed by atoms with Crippen molar-refractivity contribution in [3.8, 4) is 0 Å². The molecule has 0 fully saturated rings. The van der Waals surface area contributed by atoms with Crippen molar-refractivity contribution in [1.29, 1.82) is 0 Å². The van der Waals surface area contributed by atoms with E-state index in [1.807, 2.05) is 19.1 Å². The molecular formula is C13H18O2. The number of hydrogen-bond donors (Lipinski definition) is 0. The van der Waals surface area contributed by atoms with Crippen LogP contribution in [0.5, 0.6) is 0 Å². The second-order valence-electron chi connectivity index (χ2n) is 3.58. The van der Waals surface area contributed by atoms with Gasteiger partial charge in [0.25, 0.3) is 0 Å². The Bertz CT molecular complexity index is 318. The lowest BCUT2D eigenvalue weighted by atomic mass is 10.1. The third-order valence-electron chi connectivity index (χ3n) is 2.25. The summed E-state index contributed by atoms with van der Waals surface area (Å²) in [7, 11) is 0. The fraction of sp³-hybridized carbons (Fsp3) is 0.462. The standard InChI is InChI=1S/C13H18O2/c1-3-6-13(14)15-10-12-8-5-7-11(4-2)9-12/h5,7-9H,3-4,6,10H2,1-2H3. The lowest BCUT2D eigenvalue weighted by Gasteiger charge is -2.05. The first-order valence-electron chi connectivity index (χ1n) is 5.49. The molecule has 0 aliphatic heterocycles. The van der Waals surface area contributed by atoms with Crippen molar-refractivity contribution in [3.05, 3.63) is 35.4 Å². The monoisotopic (exact) mass is 206 g/mol. The number of carbonyl (C=O) groups is 1. The van der Waals surface area contributed by atoms with Gasteiger partial charge in [0.15, 0.2) is 0 Å². The van der Waals surface area contributed by atoms with Crippen LogP contribution >= 0.6 is 0 Å². The van der Waals surface area contributed by atoms with Gasteiger partial charge < -0.3 is 4.74 Å². The third kappa shape index (κ3) is 4.15. The summed E-state index contributed by atoms with van der Waals surface area (Å²) >= 11 is 0. The first kappa shape index (κ1) is 11.8. The topological polar surface area (TPSA) is 26.3 Å². The van der Waals surface area contributed by atoms with Crippen molar-refractivity contribution in [2.24, 2.45) is 0 Å². The summed E-state index contributed by atoms with van der Waals surface area (Å²) in [6.45, 7) is 4.48. The molecule has 0 aliphatic carbocycles. The Kier molecular flexibility index (Phi) is 4.88. The SMILES string of the molecule is CCCC(=O)OCc1cccc(CC)c1. The number of esters is 1. The zero-order valence-corrected chi connectivity index (χ0v) is 9.45. The van der Waals surface area contributed by atoms with Gasteiger partial charge in [-0.3, -0.25) is 4.79 Å². The van der Waals surface area contributed by atoms with Gasteiger partial charge in [-0.2, -0.15) is 0 Å². The molecule has 0 saturated carbocycles. The third-order valence-corrected chi connectivity index (χ3v) is 2.25. The van der Waals surface area contributed by atoms with E-state index in [0.717, 1.165) is 18.4 Å². The highest BCUT2D eigenvalue weighted by molar-refractivity contribution is 5.69. The Balaban J connectivity index is 2.46. The van der Waals surface area contributed by atoms with E-state index in [4.69, 9.17) is 4.74 Å². The molecule has 0 radical (unpaired) electrons. The fourth-order valence-electron chi connectivity index (χ4n) is 1.38. The van der Waals surface area contributed by atoms with Crippen LogP contribution in [0.25, 0.3) is 0 Å². The van der Waals surface area contributed by atoms with Crippen LogP contribution in [-0.4, -0.2) is 5.97 Å². The molecule has 0 unspecified atom stereocenters. The molecule has 1 aromatic carbocycles. The second-order valence-corrected chi connectivity index (χ2v) is 3.58. The van der Waals surface area contributed by atoms with Crippen LogP contribution in [0, 0.1) is 0 Å². The number of aryl methyl sites for hydroxylation is 1. The quantitative estimate of drug-likeness (QED) is 0.692. The molecule has 0 aromatic heterocycles. The lowest BCUT2D eigenvalue weighted by Crippen LogP contribution is -2.03. The van der Waals surface area contributed by atoms with Crippen LogP contribution in [0.2, 0.25) is 0 Å². The maximum atomic E-state index is 11.1. The van der Waals surface area contributed by atoms with Crippen molar-refractivity contribution < 1.29 is 9.53 Å². The Morgan fingerprint density at radius 1 is 1.27 bits per heavy atom. The summed E-state index contributed by atoms with van der Waals surface area (Å²) in [6.07, 6.45) is 2.36. The number of hydrogen-bond acceptors (Lipinski definition) is 2. The van der Waals surface area contributed by atoms with Crippen LogP contribution in [0.15, 0.2) is 24.3 Å². The summed E-state index contributed by atoms with van der Waals surface area (Å²) in [6, 6.07) is 8.15. The zero-order valence-electron chi connectivity index (χ0n) is 9.45. The molecule has 0 saturated heterocycles. The van der Waals surface area contributed by atoms with Crippen molar-refractivity contribution >= 4 is 5.97 Å². The van der Waals surface area contributed by atoms with Crippen LogP contribution < -0.4 is 0 Å². The molecule has 15 heavy (non-hydrogen) atoms. The van der Waals surface area contributed by atoms with Crippen molar-refractivity contribution in [2.75, 3.05) is 0 Å². The van der Waals surface area contributed by atoms with Crippen molar-refractivity contribution in [3.63, 3.8) is 0 Å². The Morgan fingerprint density at radius 2 is 2.00 bits per heavy atom. The summed E-state index contributed by atoms with van der Waals surface area (Å²) in [5, 5.41) is 0. The number of benzene rings is 1. The molecule has 0 amide bonds. The predicted octanol–water partition coefficient (Wildman–Crippen LogP) is 3.09. The molecule has 0 spiro atoms. The summed E-state index contributed by atoms with van der Waals surface area (Å²) in [5.74, 6) is -0.112.